The molecular formula is C15H23IN4O2S. The Bertz CT molecular complexity index is 556. The van der Waals surface area contributed by atoms with Gasteiger partial charge < -0.3 is 10.2 Å². The Morgan fingerprint density at radius 2 is 2.26 bits per heavy atom. The summed E-state index contributed by atoms with van der Waals surface area (Å²) in [5.74, 6) is 1.90. The average Bonchev–Trinajstić information content (AvgIpc) is 2.56. The molecule has 0 aliphatic carbocycles. The van der Waals surface area contributed by atoms with Crippen LogP contribution in [-0.4, -0.2) is 46.9 Å². The van der Waals surface area contributed by atoms with E-state index in [2.05, 4.69) is 22.1 Å². The fraction of sp³-hybridized carbons (Fsp3) is 0.533. The van der Waals surface area contributed by atoms with Gasteiger partial charge in [-0.05, 0) is 6.42 Å². The van der Waals surface area contributed by atoms with Crippen LogP contribution in [0, 0.1) is 10.1 Å². The first-order valence-electron chi connectivity index (χ1n) is 7.45. The second kappa shape index (κ2) is 9.96. The summed E-state index contributed by atoms with van der Waals surface area (Å²) in [6.45, 7) is 4.53. The lowest BCUT2D eigenvalue weighted by Gasteiger charge is -2.34. The molecule has 128 valence electrons. The first-order valence-corrected chi connectivity index (χ1v) is 8.50. The molecule has 1 aromatic rings. The van der Waals surface area contributed by atoms with E-state index in [0.29, 0.717) is 17.4 Å². The van der Waals surface area contributed by atoms with Crippen molar-refractivity contribution in [3.63, 3.8) is 0 Å². The number of halogens is 1. The molecule has 1 aliphatic rings. The number of nitrogens with zero attached hydrogens (tertiary/aromatic N) is 3. The van der Waals surface area contributed by atoms with Gasteiger partial charge in [-0.15, -0.1) is 24.0 Å². The second-order valence-corrected chi connectivity index (χ2v) is 6.54. The highest BCUT2D eigenvalue weighted by Gasteiger charge is 2.22. The predicted molar refractivity (Wildman–Crippen MR) is 107 cm³/mol. The highest BCUT2D eigenvalue weighted by molar-refractivity contribution is 14.0. The third kappa shape index (κ3) is 5.52. The van der Waals surface area contributed by atoms with Crippen LogP contribution in [0.2, 0.25) is 0 Å². The zero-order valence-electron chi connectivity index (χ0n) is 13.4. The van der Waals surface area contributed by atoms with Crippen LogP contribution in [0.3, 0.4) is 0 Å². The highest BCUT2D eigenvalue weighted by atomic mass is 127. The average molecular weight is 450 g/mol. The summed E-state index contributed by atoms with van der Waals surface area (Å²) in [7, 11) is 1.75. The van der Waals surface area contributed by atoms with Crippen molar-refractivity contribution in [2.24, 2.45) is 4.99 Å². The van der Waals surface area contributed by atoms with Gasteiger partial charge in [0, 0.05) is 49.3 Å². The van der Waals surface area contributed by atoms with E-state index in [0.717, 1.165) is 31.2 Å². The number of hydrogen-bond acceptors (Lipinski definition) is 4. The molecule has 0 aromatic heterocycles. The van der Waals surface area contributed by atoms with Crippen LogP contribution in [0.25, 0.3) is 0 Å². The van der Waals surface area contributed by atoms with Gasteiger partial charge in [0.2, 0.25) is 0 Å². The van der Waals surface area contributed by atoms with Gasteiger partial charge in [-0.3, -0.25) is 15.1 Å². The summed E-state index contributed by atoms with van der Waals surface area (Å²) in [6, 6.07) is 6.81. The topological polar surface area (TPSA) is 70.8 Å². The minimum atomic E-state index is -0.343. The molecule has 1 heterocycles. The zero-order chi connectivity index (χ0) is 15.9. The quantitative estimate of drug-likeness (QED) is 0.251. The molecule has 1 saturated heterocycles. The van der Waals surface area contributed by atoms with Gasteiger partial charge >= 0.3 is 0 Å². The molecule has 6 nitrogen and oxygen atoms in total. The van der Waals surface area contributed by atoms with E-state index < -0.39 is 0 Å². The smallest absolute Gasteiger partial charge is 0.274 e. The molecule has 8 heteroatoms. The number of nitrogens with one attached hydrogen (secondary N) is 1. The maximum Gasteiger partial charge on any atom is 0.274 e. The number of nitro benzene ring substituents is 1. The fourth-order valence-corrected chi connectivity index (χ4v) is 3.68. The van der Waals surface area contributed by atoms with Crippen molar-refractivity contribution in [1.29, 1.82) is 0 Å². The summed E-state index contributed by atoms with van der Waals surface area (Å²) in [6.07, 6.45) is 1.14. The number of thioether (sulfide) groups is 1. The summed E-state index contributed by atoms with van der Waals surface area (Å²) >= 11 is 2.00. The molecule has 0 saturated carbocycles. The number of rotatable bonds is 4. The Labute approximate surface area is 158 Å². The lowest BCUT2D eigenvalue weighted by molar-refractivity contribution is -0.385. The van der Waals surface area contributed by atoms with E-state index in [1.54, 1.807) is 19.2 Å². The molecule has 1 N–H and O–H groups in total. The second-order valence-electron chi connectivity index (χ2n) is 5.13. The largest absolute Gasteiger partial charge is 0.352 e. The first kappa shape index (κ1) is 20.0. The molecule has 1 unspecified atom stereocenters. The van der Waals surface area contributed by atoms with Gasteiger partial charge in [0.1, 0.15) is 0 Å². The maximum atomic E-state index is 11.1. The van der Waals surface area contributed by atoms with E-state index in [9.17, 15) is 10.1 Å². The predicted octanol–water partition coefficient (Wildman–Crippen LogP) is 3.12. The minimum Gasteiger partial charge on any atom is -0.352 e. The van der Waals surface area contributed by atoms with Gasteiger partial charge in [-0.25, -0.2) is 0 Å². The van der Waals surface area contributed by atoms with E-state index in [1.807, 2.05) is 17.8 Å². The normalized spacial score (nSPS) is 18.3. The van der Waals surface area contributed by atoms with E-state index >= 15 is 0 Å². The molecule has 1 aliphatic heterocycles. The lowest BCUT2D eigenvalue weighted by Crippen LogP contribution is -2.47. The lowest BCUT2D eigenvalue weighted by atomic mass is 10.2. The number of guanidine groups is 1. The molecule has 0 spiro atoms. The van der Waals surface area contributed by atoms with Crippen molar-refractivity contribution in [3.8, 4) is 0 Å². The molecule has 0 bridgehead atoms. The van der Waals surface area contributed by atoms with Gasteiger partial charge in [-0.1, -0.05) is 25.1 Å². The van der Waals surface area contributed by atoms with E-state index in [1.165, 1.54) is 6.07 Å². The number of benzene rings is 1. The van der Waals surface area contributed by atoms with Crippen LogP contribution in [-0.2, 0) is 6.54 Å². The van der Waals surface area contributed by atoms with E-state index in [4.69, 9.17) is 0 Å². The standard InChI is InChI=1S/C15H22N4O2S.HI/c1-3-13-11-18(8-9-22-13)15(16-2)17-10-12-6-4-5-7-14(12)19(20)21;/h4-7,13H,3,8-11H2,1-2H3,(H,16,17);1H. The monoisotopic (exact) mass is 450 g/mol. The van der Waals surface area contributed by atoms with Crippen LogP contribution in [0.4, 0.5) is 5.69 Å². The molecule has 23 heavy (non-hydrogen) atoms. The number of aliphatic imine (C=N–C) groups is 1. The van der Waals surface area contributed by atoms with Crippen LogP contribution in [0.1, 0.15) is 18.9 Å². The van der Waals surface area contributed by atoms with Gasteiger partial charge in [0.05, 0.1) is 4.92 Å². The van der Waals surface area contributed by atoms with Crippen molar-refractivity contribution in [1.82, 2.24) is 10.2 Å². The Hall–Kier alpha value is -1.03. The zero-order valence-corrected chi connectivity index (χ0v) is 16.5. The summed E-state index contributed by atoms with van der Waals surface area (Å²) < 4.78 is 0. The van der Waals surface area contributed by atoms with Gasteiger partial charge in [-0.2, -0.15) is 11.8 Å². The Morgan fingerprint density at radius 3 is 2.91 bits per heavy atom. The summed E-state index contributed by atoms with van der Waals surface area (Å²) in [5.41, 5.74) is 0.818. The Kier molecular flexibility index (Phi) is 8.67. The van der Waals surface area contributed by atoms with E-state index in [-0.39, 0.29) is 34.6 Å². The molecule has 0 amide bonds. The molecule has 1 fully saturated rings. The molecule has 1 aromatic carbocycles. The maximum absolute atomic E-state index is 11.1. The minimum absolute atomic E-state index is 0. The van der Waals surface area contributed by atoms with Crippen molar-refractivity contribution >= 4 is 47.4 Å². The SMILES string of the molecule is CCC1CN(C(=NC)NCc2ccccc2[N+](=O)[O-])CCS1.I. The third-order valence-corrected chi connectivity index (χ3v) is 5.10. The van der Waals surface area contributed by atoms with Crippen LogP contribution < -0.4 is 5.32 Å². The number of para-hydroxylation sites is 1. The summed E-state index contributed by atoms with van der Waals surface area (Å²) in [5, 5.41) is 14.9. The van der Waals surface area contributed by atoms with Crippen molar-refractivity contribution in [2.45, 2.75) is 25.1 Å². The first-order chi connectivity index (χ1) is 10.7. The van der Waals surface area contributed by atoms with Crippen LogP contribution in [0.15, 0.2) is 29.3 Å². The fourth-order valence-electron chi connectivity index (χ4n) is 2.50. The van der Waals surface area contributed by atoms with Crippen molar-refractivity contribution in [3.05, 3.63) is 39.9 Å². The number of nitro groups is 1. The molecular weight excluding hydrogens is 427 g/mol. The molecule has 2 rings (SSSR count). The van der Waals surface area contributed by atoms with Gasteiger partial charge in [0.25, 0.3) is 5.69 Å². The summed E-state index contributed by atoms with van der Waals surface area (Å²) in [4.78, 5) is 17.3. The van der Waals surface area contributed by atoms with Crippen molar-refractivity contribution < 1.29 is 4.92 Å². The molecule has 1 atom stereocenters. The third-order valence-electron chi connectivity index (χ3n) is 3.73. The van der Waals surface area contributed by atoms with Crippen LogP contribution >= 0.6 is 35.7 Å². The highest BCUT2D eigenvalue weighted by Crippen LogP contribution is 2.21. The Morgan fingerprint density at radius 1 is 1.52 bits per heavy atom. The number of hydrogen-bond donors (Lipinski definition) is 1. The van der Waals surface area contributed by atoms with Crippen molar-refractivity contribution in [2.75, 3.05) is 25.9 Å². The molecule has 0 radical (unpaired) electrons. The van der Waals surface area contributed by atoms with Crippen LogP contribution in [0.5, 0.6) is 0 Å². The Balaban J connectivity index is 0.00000264. The van der Waals surface area contributed by atoms with Gasteiger partial charge in [0.15, 0.2) is 5.96 Å².